The molecule has 8 nitrogen and oxygen atoms in total. The van der Waals surface area contributed by atoms with Crippen molar-refractivity contribution in [1.82, 2.24) is 25.8 Å². The molecule has 3 amide bonds. The SMILES string of the molecule is CCNC(=NCCCN1C(=O)NC(C)(CC)C1=O)NCCCN1CCCCC1C.I. The number of imide groups is 1. The number of carbonyl (C=O) groups is 2. The molecule has 2 fully saturated rings. The van der Waals surface area contributed by atoms with E-state index in [2.05, 4.69) is 32.8 Å². The minimum atomic E-state index is -0.761. The molecule has 0 spiro atoms. The Morgan fingerprint density at radius 1 is 1.20 bits per heavy atom. The fourth-order valence-electron chi connectivity index (χ4n) is 3.93. The van der Waals surface area contributed by atoms with Crippen LogP contribution in [0.15, 0.2) is 4.99 Å². The van der Waals surface area contributed by atoms with E-state index in [4.69, 9.17) is 0 Å². The van der Waals surface area contributed by atoms with Gasteiger partial charge in [0, 0.05) is 38.8 Å². The molecule has 0 aromatic heterocycles. The van der Waals surface area contributed by atoms with Crippen LogP contribution in [0, 0.1) is 0 Å². The van der Waals surface area contributed by atoms with Gasteiger partial charge in [0.25, 0.3) is 5.91 Å². The second kappa shape index (κ2) is 13.3. The van der Waals surface area contributed by atoms with Crippen molar-refractivity contribution in [2.45, 2.75) is 77.8 Å². The van der Waals surface area contributed by atoms with E-state index in [1.807, 2.05) is 13.8 Å². The molecule has 0 aromatic carbocycles. The third-order valence-corrected chi connectivity index (χ3v) is 6.06. The highest BCUT2D eigenvalue weighted by atomic mass is 127. The average Bonchev–Trinajstić information content (AvgIpc) is 2.92. The van der Waals surface area contributed by atoms with E-state index in [0.717, 1.165) is 32.0 Å². The molecule has 2 rings (SSSR count). The number of amides is 3. The number of hydrogen-bond acceptors (Lipinski definition) is 4. The first kappa shape index (κ1) is 26.9. The normalized spacial score (nSPS) is 25.1. The summed E-state index contributed by atoms with van der Waals surface area (Å²) in [5.74, 6) is 0.667. The van der Waals surface area contributed by atoms with Gasteiger partial charge in [-0.15, -0.1) is 24.0 Å². The topological polar surface area (TPSA) is 89.1 Å². The van der Waals surface area contributed by atoms with Gasteiger partial charge in [-0.3, -0.25) is 14.7 Å². The molecule has 2 aliphatic rings. The maximum atomic E-state index is 12.4. The van der Waals surface area contributed by atoms with Crippen LogP contribution in [0.4, 0.5) is 4.79 Å². The van der Waals surface area contributed by atoms with E-state index < -0.39 is 5.54 Å². The van der Waals surface area contributed by atoms with E-state index >= 15 is 0 Å². The Morgan fingerprint density at radius 2 is 1.97 bits per heavy atom. The molecule has 174 valence electrons. The van der Waals surface area contributed by atoms with Crippen molar-refractivity contribution in [2.24, 2.45) is 4.99 Å². The smallest absolute Gasteiger partial charge is 0.325 e. The number of nitrogens with zero attached hydrogens (tertiary/aromatic N) is 3. The maximum Gasteiger partial charge on any atom is 0.325 e. The molecule has 2 saturated heterocycles. The first-order valence-electron chi connectivity index (χ1n) is 11.3. The van der Waals surface area contributed by atoms with Crippen LogP contribution in [0.1, 0.15) is 66.2 Å². The molecule has 0 saturated carbocycles. The maximum absolute atomic E-state index is 12.4. The van der Waals surface area contributed by atoms with Crippen molar-refractivity contribution >= 4 is 41.9 Å². The van der Waals surface area contributed by atoms with Crippen LogP contribution in [0.3, 0.4) is 0 Å². The lowest BCUT2D eigenvalue weighted by molar-refractivity contribution is -0.130. The Bertz CT molecular complexity index is 588. The summed E-state index contributed by atoms with van der Waals surface area (Å²) in [7, 11) is 0. The molecule has 0 aliphatic carbocycles. The highest BCUT2D eigenvalue weighted by molar-refractivity contribution is 14.0. The summed E-state index contributed by atoms with van der Waals surface area (Å²) in [5.41, 5.74) is -0.761. The van der Waals surface area contributed by atoms with Crippen LogP contribution in [-0.4, -0.2) is 78.5 Å². The van der Waals surface area contributed by atoms with Gasteiger partial charge in [0.1, 0.15) is 5.54 Å². The van der Waals surface area contributed by atoms with Crippen LogP contribution in [0.5, 0.6) is 0 Å². The number of guanidine groups is 1. The predicted octanol–water partition coefficient (Wildman–Crippen LogP) is 2.53. The Morgan fingerprint density at radius 3 is 2.60 bits per heavy atom. The van der Waals surface area contributed by atoms with Crippen molar-refractivity contribution in [2.75, 3.05) is 39.3 Å². The van der Waals surface area contributed by atoms with Crippen molar-refractivity contribution in [3.8, 4) is 0 Å². The third-order valence-electron chi connectivity index (χ3n) is 6.06. The lowest BCUT2D eigenvalue weighted by atomic mass is 9.99. The van der Waals surface area contributed by atoms with Gasteiger partial charge >= 0.3 is 6.03 Å². The molecule has 2 atom stereocenters. The van der Waals surface area contributed by atoms with E-state index in [-0.39, 0.29) is 35.9 Å². The zero-order valence-electron chi connectivity index (χ0n) is 19.1. The molecular formula is C21H41IN6O2. The van der Waals surface area contributed by atoms with E-state index in [9.17, 15) is 9.59 Å². The van der Waals surface area contributed by atoms with Crippen LogP contribution in [0.25, 0.3) is 0 Å². The molecule has 2 unspecified atom stereocenters. The molecule has 0 aromatic rings. The van der Waals surface area contributed by atoms with Gasteiger partial charge in [0.05, 0.1) is 0 Å². The van der Waals surface area contributed by atoms with Crippen molar-refractivity contribution in [3.05, 3.63) is 0 Å². The standard InChI is InChI=1S/C21H40N6O2.HI/c1-5-21(4)18(28)27(20(29)25-21)16-10-13-24-19(22-6-2)23-12-9-15-26-14-8-7-11-17(26)3;/h17H,5-16H2,1-4H3,(H,25,29)(H2,22,23,24);1H. The number of aliphatic imine (C=N–C) groups is 1. The van der Waals surface area contributed by atoms with Gasteiger partial charge in [0.15, 0.2) is 5.96 Å². The third kappa shape index (κ3) is 7.55. The summed E-state index contributed by atoms with van der Waals surface area (Å²) < 4.78 is 0. The Hall–Kier alpha value is -1.10. The van der Waals surface area contributed by atoms with Gasteiger partial charge in [0.2, 0.25) is 0 Å². The van der Waals surface area contributed by atoms with Gasteiger partial charge in [-0.05, 0) is 59.4 Å². The van der Waals surface area contributed by atoms with Gasteiger partial charge in [-0.1, -0.05) is 13.3 Å². The summed E-state index contributed by atoms with van der Waals surface area (Å²) in [4.78, 5) is 32.9. The average molecular weight is 537 g/mol. The van der Waals surface area contributed by atoms with Crippen LogP contribution < -0.4 is 16.0 Å². The Kier molecular flexibility index (Phi) is 12.0. The van der Waals surface area contributed by atoms with Crippen LogP contribution in [0.2, 0.25) is 0 Å². The summed E-state index contributed by atoms with van der Waals surface area (Å²) in [6.07, 6.45) is 6.32. The highest BCUT2D eigenvalue weighted by Gasteiger charge is 2.45. The summed E-state index contributed by atoms with van der Waals surface area (Å²) >= 11 is 0. The summed E-state index contributed by atoms with van der Waals surface area (Å²) in [5, 5.41) is 9.45. The molecule has 2 heterocycles. The lowest BCUT2D eigenvalue weighted by Crippen LogP contribution is -2.43. The Labute approximate surface area is 199 Å². The van der Waals surface area contributed by atoms with Gasteiger partial charge < -0.3 is 20.9 Å². The predicted molar refractivity (Wildman–Crippen MR) is 132 cm³/mol. The zero-order valence-corrected chi connectivity index (χ0v) is 21.5. The molecule has 2 aliphatic heterocycles. The number of urea groups is 1. The second-order valence-electron chi connectivity index (χ2n) is 8.35. The number of rotatable bonds is 10. The van der Waals surface area contributed by atoms with Gasteiger partial charge in [-0.2, -0.15) is 0 Å². The number of carbonyl (C=O) groups excluding carboxylic acids is 2. The van der Waals surface area contributed by atoms with E-state index in [1.165, 1.54) is 30.7 Å². The molecule has 9 heteroatoms. The van der Waals surface area contributed by atoms with Crippen molar-refractivity contribution in [3.63, 3.8) is 0 Å². The fraction of sp³-hybridized carbons (Fsp3) is 0.857. The Balaban J connectivity index is 0.00000450. The molecule has 3 N–H and O–H groups in total. The highest BCUT2D eigenvalue weighted by Crippen LogP contribution is 2.20. The monoisotopic (exact) mass is 536 g/mol. The van der Waals surface area contributed by atoms with E-state index in [0.29, 0.717) is 32.0 Å². The molecule has 0 radical (unpaired) electrons. The van der Waals surface area contributed by atoms with Gasteiger partial charge in [-0.25, -0.2) is 4.79 Å². The quantitative estimate of drug-likeness (QED) is 0.131. The number of halogens is 1. The summed E-state index contributed by atoms with van der Waals surface area (Å²) in [6, 6.07) is 0.408. The molecule has 0 bridgehead atoms. The largest absolute Gasteiger partial charge is 0.357 e. The van der Waals surface area contributed by atoms with E-state index in [1.54, 1.807) is 6.92 Å². The second-order valence-corrected chi connectivity index (χ2v) is 8.35. The number of piperidine rings is 1. The minimum Gasteiger partial charge on any atom is -0.357 e. The first-order chi connectivity index (χ1) is 13.9. The zero-order chi connectivity index (χ0) is 21.3. The van der Waals surface area contributed by atoms with Crippen LogP contribution in [-0.2, 0) is 4.79 Å². The van der Waals surface area contributed by atoms with Crippen LogP contribution >= 0.6 is 24.0 Å². The number of likely N-dealkylation sites (tertiary alicyclic amines) is 1. The summed E-state index contributed by atoms with van der Waals surface area (Å²) in [6.45, 7) is 13.1. The van der Waals surface area contributed by atoms with Crippen molar-refractivity contribution in [1.29, 1.82) is 0 Å². The minimum absolute atomic E-state index is 0. The molecule has 30 heavy (non-hydrogen) atoms. The lowest BCUT2D eigenvalue weighted by Gasteiger charge is -2.33. The van der Waals surface area contributed by atoms with Crippen molar-refractivity contribution < 1.29 is 9.59 Å². The number of nitrogens with one attached hydrogen (secondary N) is 3. The number of hydrogen-bond donors (Lipinski definition) is 3. The first-order valence-corrected chi connectivity index (χ1v) is 11.3. The fourth-order valence-corrected chi connectivity index (χ4v) is 3.93. The molecular weight excluding hydrogens is 495 g/mol.